The Kier molecular flexibility index (Phi) is 4.90. The van der Waals surface area contributed by atoms with E-state index in [0.29, 0.717) is 5.92 Å². The second kappa shape index (κ2) is 5.97. The molecule has 0 radical (unpaired) electrons. The Morgan fingerprint density at radius 3 is 2.50 bits per heavy atom. The molecule has 90 valence electrons. The molecule has 2 N–H and O–H groups in total. The number of aliphatic hydroxyl groups excluding tert-OH is 1. The van der Waals surface area contributed by atoms with Crippen LogP contribution in [0.15, 0.2) is 24.3 Å². The van der Waals surface area contributed by atoms with Crippen LogP contribution in [0.4, 0.5) is 4.39 Å². The zero-order valence-corrected chi connectivity index (χ0v) is 10.1. The standard InChI is InChI=1S/C13H20FNO/c1-9(2)8-15-13(10(3)16)11-5-4-6-12(14)7-11/h4-7,9-10,13,15-16H,8H2,1-3H3. The molecule has 1 aromatic carbocycles. The summed E-state index contributed by atoms with van der Waals surface area (Å²) < 4.78 is 13.1. The number of hydrogen-bond acceptors (Lipinski definition) is 2. The molecule has 0 saturated carbocycles. The van der Waals surface area contributed by atoms with Crippen LogP contribution in [0.5, 0.6) is 0 Å². The fraction of sp³-hybridized carbons (Fsp3) is 0.538. The van der Waals surface area contributed by atoms with Gasteiger partial charge in [0.2, 0.25) is 0 Å². The highest BCUT2D eigenvalue weighted by atomic mass is 19.1. The monoisotopic (exact) mass is 225 g/mol. The van der Waals surface area contributed by atoms with E-state index in [0.717, 1.165) is 12.1 Å². The number of rotatable bonds is 5. The molecule has 0 aliphatic rings. The minimum Gasteiger partial charge on any atom is -0.391 e. The first-order valence-corrected chi connectivity index (χ1v) is 5.67. The van der Waals surface area contributed by atoms with Crippen molar-refractivity contribution in [2.75, 3.05) is 6.54 Å². The highest BCUT2D eigenvalue weighted by molar-refractivity contribution is 5.21. The van der Waals surface area contributed by atoms with Gasteiger partial charge in [0.05, 0.1) is 12.1 Å². The van der Waals surface area contributed by atoms with Crippen LogP contribution in [-0.4, -0.2) is 17.8 Å². The van der Waals surface area contributed by atoms with Gasteiger partial charge in [0, 0.05) is 0 Å². The largest absolute Gasteiger partial charge is 0.391 e. The molecule has 2 unspecified atom stereocenters. The Hall–Kier alpha value is -0.930. The minimum atomic E-state index is -0.541. The molecule has 16 heavy (non-hydrogen) atoms. The molecule has 0 aliphatic carbocycles. The van der Waals surface area contributed by atoms with E-state index in [1.165, 1.54) is 12.1 Å². The summed E-state index contributed by atoms with van der Waals surface area (Å²) in [5.74, 6) is 0.226. The van der Waals surface area contributed by atoms with Gasteiger partial charge in [-0.05, 0) is 37.1 Å². The van der Waals surface area contributed by atoms with Crippen molar-refractivity contribution in [2.45, 2.75) is 32.9 Å². The molecule has 0 amide bonds. The lowest BCUT2D eigenvalue weighted by Crippen LogP contribution is -2.32. The molecule has 3 heteroatoms. The van der Waals surface area contributed by atoms with Crippen molar-refractivity contribution in [3.63, 3.8) is 0 Å². The van der Waals surface area contributed by atoms with E-state index in [2.05, 4.69) is 19.2 Å². The molecule has 1 rings (SSSR count). The van der Waals surface area contributed by atoms with Crippen LogP contribution in [0.1, 0.15) is 32.4 Å². The number of halogens is 1. The number of nitrogens with one attached hydrogen (secondary N) is 1. The Balaban J connectivity index is 2.77. The summed E-state index contributed by atoms with van der Waals surface area (Å²) in [6.45, 7) is 6.70. The maximum Gasteiger partial charge on any atom is 0.123 e. The minimum absolute atomic E-state index is 0.210. The molecule has 2 nitrogen and oxygen atoms in total. The predicted molar refractivity (Wildman–Crippen MR) is 63.7 cm³/mol. The van der Waals surface area contributed by atoms with Crippen molar-refractivity contribution in [3.8, 4) is 0 Å². The second-order valence-corrected chi connectivity index (χ2v) is 4.58. The van der Waals surface area contributed by atoms with Gasteiger partial charge in [0.15, 0.2) is 0 Å². The molecule has 0 bridgehead atoms. The average Bonchev–Trinajstić information content (AvgIpc) is 2.17. The third-order valence-electron chi connectivity index (χ3n) is 2.44. The third kappa shape index (κ3) is 3.91. The van der Waals surface area contributed by atoms with Gasteiger partial charge in [-0.3, -0.25) is 0 Å². The van der Waals surface area contributed by atoms with E-state index in [1.807, 2.05) is 6.07 Å². The average molecular weight is 225 g/mol. The molecule has 0 aliphatic heterocycles. The Morgan fingerprint density at radius 1 is 1.31 bits per heavy atom. The molecule has 2 atom stereocenters. The molecule has 0 aromatic heterocycles. The predicted octanol–water partition coefficient (Wildman–Crippen LogP) is 2.49. The highest BCUT2D eigenvalue weighted by Gasteiger charge is 2.17. The first-order valence-electron chi connectivity index (χ1n) is 5.67. The molecule has 1 aromatic rings. The lowest BCUT2D eigenvalue weighted by molar-refractivity contribution is 0.143. The van der Waals surface area contributed by atoms with Crippen molar-refractivity contribution in [3.05, 3.63) is 35.6 Å². The molecular formula is C13H20FNO. The lowest BCUT2D eigenvalue weighted by Gasteiger charge is -2.23. The van der Waals surface area contributed by atoms with Crippen LogP contribution in [0, 0.1) is 11.7 Å². The fourth-order valence-electron chi connectivity index (χ4n) is 1.63. The van der Waals surface area contributed by atoms with Gasteiger partial charge >= 0.3 is 0 Å². The quantitative estimate of drug-likeness (QED) is 0.807. The van der Waals surface area contributed by atoms with Crippen LogP contribution in [0.25, 0.3) is 0 Å². The van der Waals surface area contributed by atoms with Crippen molar-refractivity contribution in [1.29, 1.82) is 0 Å². The normalized spacial score (nSPS) is 15.1. The van der Waals surface area contributed by atoms with Crippen LogP contribution < -0.4 is 5.32 Å². The van der Waals surface area contributed by atoms with Crippen molar-refractivity contribution < 1.29 is 9.50 Å². The van der Waals surface area contributed by atoms with E-state index in [9.17, 15) is 9.50 Å². The van der Waals surface area contributed by atoms with Crippen molar-refractivity contribution >= 4 is 0 Å². The maximum absolute atomic E-state index is 13.1. The summed E-state index contributed by atoms with van der Waals surface area (Å²) in [7, 11) is 0. The summed E-state index contributed by atoms with van der Waals surface area (Å²) >= 11 is 0. The van der Waals surface area contributed by atoms with Gasteiger partial charge in [-0.15, -0.1) is 0 Å². The van der Waals surface area contributed by atoms with Gasteiger partial charge in [0.25, 0.3) is 0 Å². The zero-order chi connectivity index (χ0) is 12.1. The molecule has 0 fully saturated rings. The Morgan fingerprint density at radius 2 is 2.00 bits per heavy atom. The summed E-state index contributed by atoms with van der Waals surface area (Å²) in [6.07, 6.45) is -0.541. The van der Waals surface area contributed by atoms with Crippen LogP contribution >= 0.6 is 0 Å². The smallest absolute Gasteiger partial charge is 0.123 e. The van der Waals surface area contributed by atoms with E-state index in [1.54, 1.807) is 13.0 Å². The first kappa shape index (κ1) is 13.1. The van der Waals surface area contributed by atoms with Gasteiger partial charge in [-0.2, -0.15) is 0 Å². The van der Waals surface area contributed by atoms with Crippen molar-refractivity contribution in [1.82, 2.24) is 5.32 Å². The third-order valence-corrected chi connectivity index (χ3v) is 2.44. The topological polar surface area (TPSA) is 32.3 Å². The fourth-order valence-corrected chi connectivity index (χ4v) is 1.63. The highest BCUT2D eigenvalue weighted by Crippen LogP contribution is 2.18. The SMILES string of the molecule is CC(C)CNC(c1cccc(F)c1)C(C)O. The van der Waals surface area contributed by atoms with E-state index in [-0.39, 0.29) is 11.9 Å². The van der Waals surface area contributed by atoms with Crippen LogP contribution in [0.3, 0.4) is 0 Å². The second-order valence-electron chi connectivity index (χ2n) is 4.58. The van der Waals surface area contributed by atoms with Gasteiger partial charge < -0.3 is 10.4 Å². The van der Waals surface area contributed by atoms with Crippen molar-refractivity contribution in [2.24, 2.45) is 5.92 Å². The Labute approximate surface area is 96.5 Å². The summed E-state index contributed by atoms with van der Waals surface area (Å²) in [5.41, 5.74) is 0.788. The van der Waals surface area contributed by atoms with E-state index in [4.69, 9.17) is 0 Å². The van der Waals surface area contributed by atoms with Gasteiger partial charge in [0.1, 0.15) is 5.82 Å². The molecule has 0 spiro atoms. The summed E-state index contributed by atoms with van der Waals surface area (Å²) in [6, 6.07) is 6.15. The summed E-state index contributed by atoms with van der Waals surface area (Å²) in [5, 5.41) is 12.9. The van der Waals surface area contributed by atoms with Gasteiger partial charge in [-0.1, -0.05) is 26.0 Å². The lowest BCUT2D eigenvalue weighted by atomic mass is 10.0. The van der Waals surface area contributed by atoms with E-state index >= 15 is 0 Å². The van der Waals surface area contributed by atoms with Crippen LogP contribution in [-0.2, 0) is 0 Å². The number of aliphatic hydroxyl groups is 1. The molecular weight excluding hydrogens is 205 g/mol. The zero-order valence-electron chi connectivity index (χ0n) is 10.1. The first-order chi connectivity index (χ1) is 7.50. The van der Waals surface area contributed by atoms with Gasteiger partial charge in [-0.25, -0.2) is 4.39 Å². The maximum atomic E-state index is 13.1. The van der Waals surface area contributed by atoms with Crippen LogP contribution in [0.2, 0.25) is 0 Å². The number of hydrogen-bond donors (Lipinski definition) is 2. The molecule has 0 saturated heterocycles. The summed E-state index contributed by atoms with van der Waals surface area (Å²) in [4.78, 5) is 0. The number of benzene rings is 1. The molecule has 0 heterocycles. The van der Waals surface area contributed by atoms with E-state index < -0.39 is 6.10 Å². The Bertz CT molecular complexity index is 325.